The summed E-state index contributed by atoms with van der Waals surface area (Å²) < 4.78 is 34.1. The van der Waals surface area contributed by atoms with Gasteiger partial charge >= 0.3 is 0 Å². The van der Waals surface area contributed by atoms with E-state index in [1.54, 1.807) is 0 Å². The van der Waals surface area contributed by atoms with Crippen LogP contribution in [0.1, 0.15) is 11.8 Å². The summed E-state index contributed by atoms with van der Waals surface area (Å²) in [5.74, 6) is -1.98. The van der Waals surface area contributed by atoms with Crippen molar-refractivity contribution in [3.63, 3.8) is 0 Å². The molecule has 0 aliphatic carbocycles. The molecule has 0 amide bonds. The predicted molar refractivity (Wildman–Crippen MR) is 91.0 cm³/mol. The number of hydrogen-bond donors (Lipinski definition) is 4. The Kier molecular flexibility index (Phi) is 5.00. The van der Waals surface area contributed by atoms with Gasteiger partial charge in [-0.3, -0.25) is 9.98 Å². The van der Waals surface area contributed by atoms with Crippen LogP contribution in [0, 0.1) is 17.0 Å². The maximum atomic E-state index is 13.3. The van der Waals surface area contributed by atoms with Crippen molar-refractivity contribution in [1.29, 1.82) is 5.41 Å². The third-order valence-electron chi connectivity index (χ3n) is 4.64. The molecule has 4 N–H and O–H groups in total. The van der Waals surface area contributed by atoms with Crippen molar-refractivity contribution < 1.29 is 33.7 Å². The number of nitrogens with one attached hydrogen (secondary N) is 1. The Bertz CT molecular complexity index is 1100. The Balaban J connectivity index is 1.59. The Morgan fingerprint density at radius 1 is 1.14 bits per heavy atom. The molecule has 154 valence electrons. The Morgan fingerprint density at radius 3 is 2.62 bits per heavy atom. The molecule has 1 saturated heterocycles. The second kappa shape index (κ2) is 7.48. The lowest BCUT2D eigenvalue weighted by molar-refractivity contribution is -0.0511. The molecule has 29 heavy (non-hydrogen) atoms. The molecule has 0 radical (unpaired) electrons. The van der Waals surface area contributed by atoms with E-state index in [9.17, 15) is 24.1 Å². The number of imidazole rings is 1. The molecule has 4 atom stereocenters. The van der Waals surface area contributed by atoms with E-state index in [1.807, 2.05) is 0 Å². The van der Waals surface area contributed by atoms with Crippen LogP contribution in [-0.2, 0) is 11.3 Å². The number of hydrogen-bond acceptors (Lipinski definition) is 8. The topological polar surface area (TPSA) is 139 Å². The minimum atomic E-state index is -1.32. The standard InChI is InChI=1S/C17H17F2N5O5/c18-9-2-1-8(3-10(9)19)5-28-24-7-22-16-12(15(24)20)21-6-23(16)17-14(27)13(26)11(4-25)29-17/h1-3,6-7,11,13-14,17,20,25-27H,4-5H2/t11-,13-,14-,17-/m1/s1. The third kappa shape index (κ3) is 3.35. The molecule has 1 aliphatic rings. The van der Waals surface area contributed by atoms with Gasteiger partial charge in [0.2, 0.25) is 0 Å². The largest absolute Gasteiger partial charge is 0.406 e. The first-order valence-electron chi connectivity index (χ1n) is 8.59. The zero-order valence-electron chi connectivity index (χ0n) is 14.8. The van der Waals surface area contributed by atoms with Crippen LogP contribution in [0.25, 0.3) is 11.2 Å². The normalized spacial score (nSPS) is 24.3. The van der Waals surface area contributed by atoms with E-state index in [2.05, 4.69) is 9.97 Å². The quantitative estimate of drug-likeness (QED) is 0.434. The fourth-order valence-corrected chi connectivity index (χ4v) is 3.09. The Morgan fingerprint density at radius 2 is 1.93 bits per heavy atom. The summed E-state index contributed by atoms with van der Waals surface area (Å²) >= 11 is 0. The van der Waals surface area contributed by atoms with Crippen LogP contribution in [0.3, 0.4) is 0 Å². The number of fused-ring (bicyclic) bond motifs is 1. The molecule has 3 heterocycles. The molecule has 1 aliphatic heterocycles. The maximum absolute atomic E-state index is 13.3. The van der Waals surface area contributed by atoms with Gasteiger partial charge in [0.1, 0.15) is 31.2 Å². The zero-order valence-corrected chi connectivity index (χ0v) is 14.8. The molecule has 1 fully saturated rings. The van der Waals surface area contributed by atoms with E-state index in [0.29, 0.717) is 5.56 Å². The summed E-state index contributed by atoms with van der Waals surface area (Å²) in [4.78, 5) is 13.6. The second-order valence-corrected chi connectivity index (χ2v) is 6.49. The molecule has 0 saturated carbocycles. The van der Waals surface area contributed by atoms with Gasteiger partial charge in [-0.2, -0.15) is 4.73 Å². The first-order valence-corrected chi connectivity index (χ1v) is 8.59. The lowest BCUT2D eigenvalue weighted by atomic mass is 10.1. The van der Waals surface area contributed by atoms with E-state index < -0.39 is 42.8 Å². The van der Waals surface area contributed by atoms with E-state index in [0.717, 1.165) is 16.9 Å². The van der Waals surface area contributed by atoms with E-state index in [4.69, 9.17) is 15.0 Å². The van der Waals surface area contributed by atoms with Crippen molar-refractivity contribution >= 4 is 11.2 Å². The van der Waals surface area contributed by atoms with Crippen molar-refractivity contribution in [2.75, 3.05) is 6.61 Å². The van der Waals surface area contributed by atoms with Crippen LogP contribution in [0.4, 0.5) is 8.78 Å². The molecule has 1 aromatic carbocycles. The smallest absolute Gasteiger partial charge is 0.192 e. The van der Waals surface area contributed by atoms with Crippen LogP contribution in [0.2, 0.25) is 0 Å². The first kappa shape index (κ1) is 19.4. The molecule has 3 aromatic rings. The average molecular weight is 409 g/mol. The number of rotatable bonds is 5. The van der Waals surface area contributed by atoms with Gasteiger partial charge in [-0.25, -0.2) is 18.7 Å². The number of ether oxygens (including phenoxy) is 1. The summed E-state index contributed by atoms with van der Waals surface area (Å²) in [5, 5.41) is 37.5. The first-order chi connectivity index (χ1) is 13.9. The van der Waals surface area contributed by atoms with Crippen LogP contribution in [0.15, 0.2) is 30.9 Å². The van der Waals surface area contributed by atoms with Crippen LogP contribution >= 0.6 is 0 Å². The van der Waals surface area contributed by atoms with Gasteiger partial charge in [-0.05, 0) is 17.7 Å². The van der Waals surface area contributed by atoms with E-state index in [-0.39, 0.29) is 23.3 Å². The summed E-state index contributed by atoms with van der Waals surface area (Å²) in [5.41, 5.74) is 0.490. The highest BCUT2D eigenvalue weighted by molar-refractivity contribution is 5.68. The highest BCUT2D eigenvalue weighted by atomic mass is 19.2. The molecule has 0 spiro atoms. The van der Waals surface area contributed by atoms with E-state index >= 15 is 0 Å². The molecule has 2 aromatic heterocycles. The minimum Gasteiger partial charge on any atom is -0.406 e. The van der Waals surface area contributed by atoms with Gasteiger partial charge in [0, 0.05) is 0 Å². The third-order valence-corrected chi connectivity index (χ3v) is 4.64. The molecular formula is C17H17F2N5O5. The molecule has 10 nitrogen and oxygen atoms in total. The lowest BCUT2D eigenvalue weighted by Gasteiger charge is -2.16. The fourth-order valence-electron chi connectivity index (χ4n) is 3.09. The summed E-state index contributed by atoms with van der Waals surface area (Å²) in [6, 6.07) is 3.32. The van der Waals surface area contributed by atoms with Crippen molar-refractivity contribution in [1.82, 2.24) is 19.3 Å². The van der Waals surface area contributed by atoms with Crippen molar-refractivity contribution in [3.8, 4) is 0 Å². The van der Waals surface area contributed by atoms with Crippen LogP contribution < -0.4 is 10.3 Å². The zero-order chi connectivity index (χ0) is 20.7. The molecule has 0 bridgehead atoms. The Labute approximate surface area is 161 Å². The van der Waals surface area contributed by atoms with Gasteiger partial charge in [0.25, 0.3) is 0 Å². The van der Waals surface area contributed by atoms with Crippen molar-refractivity contribution in [3.05, 3.63) is 53.5 Å². The number of benzene rings is 1. The Hall–Kier alpha value is -2.93. The maximum Gasteiger partial charge on any atom is 0.192 e. The van der Waals surface area contributed by atoms with Crippen molar-refractivity contribution in [2.24, 2.45) is 0 Å². The number of aromatic nitrogens is 4. The number of aliphatic hydroxyl groups is 3. The van der Waals surface area contributed by atoms with Gasteiger partial charge in [-0.1, -0.05) is 6.07 Å². The highest BCUT2D eigenvalue weighted by Gasteiger charge is 2.44. The average Bonchev–Trinajstić information content (AvgIpc) is 3.26. The van der Waals surface area contributed by atoms with Gasteiger partial charge in [-0.15, -0.1) is 0 Å². The van der Waals surface area contributed by atoms with Crippen LogP contribution in [0.5, 0.6) is 0 Å². The lowest BCUT2D eigenvalue weighted by Crippen LogP contribution is -2.33. The monoisotopic (exact) mass is 409 g/mol. The number of halogens is 2. The molecule has 0 unspecified atom stereocenters. The van der Waals surface area contributed by atoms with Crippen LogP contribution in [-0.4, -0.2) is 59.5 Å². The highest BCUT2D eigenvalue weighted by Crippen LogP contribution is 2.30. The molecular weight excluding hydrogens is 392 g/mol. The second-order valence-electron chi connectivity index (χ2n) is 6.49. The van der Waals surface area contributed by atoms with Gasteiger partial charge in [0.15, 0.2) is 34.5 Å². The van der Waals surface area contributed by atoms with Gasteiger partial charge in [0.05, 0.1) is 12.9 Å². The summed E-state index contributed by atoms with van der Waals surface area (Å²) in [7, 11) is 0. The fraction of sp³-hybridized carbons (Fsp3) is 0.353. The van der Waals surface area contributed by atoms with Crippen molar-refractivity contribution in [2.45, 2.75) is 31.1 Å². The van der Waals surface area contributed by atoms with E-state index in [1.165, 1.54) is 23.3 Å². The van der Waals surface area contributed by atoms with Gasteiger partial charge < -0.3 is 24.9 Å². The number of aliphatic hydroxyl groups excluding tert-OH is 3. The summed E-state index contributed by atoms with van der Waals surface area (Å²) in [6.07, 6.45) is -2.14. The minimum absolute atomic E-state index is 0.121. The predicted octanol–water partition coefficient (Wildman–Crippen LogP) is -0.769. The SMILES string of the molecule is N=c1c2ncn([C@@H]3O[C@H](CO)[C@@H](O)[C@H]3O)c2ncn1OCc1ccc(F)c(F)c1. The molecule has 12 heteroatoms. The summed E-state index contributed by atoms with van der Waals surface area (Å²) in [6.45, 7) is -0.618. The number of nitrogens with zero attached hydrogens (tertiary/aromatic N) is 4. The molecule has 4 rings (SSSR count).